The Labute approximate surface area is 103 Å². The maximum Gasteiger partial charge on any atom is 0.134 e. The van der Waals surface area contributed by atoms with Crippen LogP contribution in [0.3, 0.4) is 0 Å². The predicted octanol–water partition coefficient (Wildman–Crippen LogP) is 2.59. The van der Waals surface area contributed by atoms with E-state index in [-0.39, 0.29) is 0 Å². The lowest BCUT2D eigenvalue weighted by Crippen LogP contribution is -2.15. The maximum absolute atomic E-state index is 4.47. The van der Waals surface area contributed by atoms with Crippen LogP contribution in [0.4, 0.5) is 11.6 Å². The highest BCUT2D eigenvalue weighted by atomic mass is 15.1. The van der Waals surface area contributed by atoms with Gasteiger partial charge in [-0.1, -0.05) is 6.92 Å². The van der Waals surface area contributed by atoms with Crippen molar-refractivity contribution in [2.75, 3.05) is 24.2 Å². The molecule has 0 amide bonds. The van der Waals surface area contributed by atoms with Crippen LogP contribution in [0, 0.1) is 25.7 Å². The van der Waals surface area contributed by atoms with E-state index in [2.05, 4.69) is 34.4 Å². The summed E-state index contributed by atoms with van der Waals surface area (Å²) in [4.78, 5) is 8.84. The maximum atomic E-state index is 4.47. The summed E-state index contributed by atoms with van der Waals surface area (Å²) in [6.45, 7) is 7.29. The molecule has 1 aliphatic rings. The van der Waals surface area contributed by atoms with Gasteiger partial charge in [0.2, 0.25) is 0 Å². The molecule has 1 unspecified atom stereocenters. The van der Waals surface area contributed by atoms with Crippen molar-refractivity contribution < 1.29 is 0 Å². The molecule has 0 radical (unpaired) electrons. The van der Waals surface area contributed by atoms with Gasteiger partial charge in [0.15, 0.2) is 0 Å². The number of nitrogens with zero attached hydrogens (tertiary/aromatic N) is 2. The van der Waals surface area contributed by atoms with Crippen LogP contribution in [-0.2, 0) is 0 Å². The fourth-order valence-corrected chi connectivity index (χ4v) is 2.13. The molecule has 0 aliphatic heterocycles. The summed E-state index contributed by atoms with van der Waals surface area (Å²) in [5, 5.41) is 6.57. The minimum Gasteiger partial charge on any atom is -0.373 e. The summed E-state index contributed by atoms with van der Waals surface area (Å²) in [7, 11) is 1.89. The Balaban J connectivity index is 2.05. The Morgan fingerprint density at radius 3 is 2.47 bits per heavy atom. The number of rotatable bonds is 5. The number of aromatic nitrogens is 2. The largest absolute Gasteiger partial charge is 0.373 e. The molecule has 1 aromatic rings. The number of nitrogens with one attached hydrogen (secondary N) is 2. The second kappa shape index (κ2) is 4.90. The molecule has 17 heavy (non-hydrogen) atoms. The number of aryl methyl sites for hydroxylation is 1. The molecule has 1 fully saturated rings. The molecule has 1 aliphatic carbocycles. The Morgan fingerprint density at radius 2 is 1.88 bits per heavy atom. The monoisotopic (exact) mass is 234 g/mol. The van der Waals surface area contributed by atoms with Crippen molar-refractivity contribution in [3.05, 3.63) is 11.4 Å². The Bertz CT molecular complexity index is 399. The highest BCUT2D eigenvalue weighted by Crippen LogP contribution is 2.36. The number of hydrogen-bond acceptors (Lipinski definition) is 4. The van der Waals surface area contributed by atoms with Crippen LogP contribution in [0.25, 0.3) is 0 Å². The molecule has 4 nitrogen and oxygen atoms in total. The van der Waals surface area contributed by atoms with Gasteiger partial charge in [0, 0.05) is 19.2 Å². The standard InChI is InChI=1S/C13H22N4/c1-8(11-5-6-11)7-15-13-9(2)12(14-4)16-10(3)17-13/h8,11H,5-7H2,1-4H3,(H2,14,15,16,17). The van der Waals surface area contributed by atoms with E-state index in [1.807, 2.05) is 14.0 Å². The molecule has 0 saturated heterocycles. The molecular formula is C13H22N4. The minimum absolute atomic E-state index is 0.739. The van der Waals surface area contributed by atoms with E-state index in [0.717, 1.165) is 41.4 Å². The molecule has 0 aromatic carbocycles. The van der Waals surface area contributed by atoms with Crippen molar-refractivity contribution in [2.45, 2.75) is 33.6 Å². The third-order valence-electron chi connectivity index (χ3n) is 3.51. The highest BCUT2D eigenvalue weighted by Gasteiger charge is 2.27. The van der Waals surface area contributed by atoms with Gasteiger partial charge in [-0.15, -0.1) is 0 Å². The lowest BCUT2D eigenvalue weighted by molar-refractivity contribution is 0.535. The predicted molar refractivity (Wildman–Crippen MR) is 71.4 cm³/mol. The third-order valence-corrected chi connectivity index (χ3v) is 3.51. The highest BCUT2D eigenvalue weighted by molar-refractivity contribution is 5.56. The van der Waals surface area contributed by atoms with Crippen LogP contribution in [-0.4, -0.2) is 23.6 Å². The third kappa shape index (κ3) is 2.87. The smallest absolute Gasteiger partial charge is 0.134 e. The average Bonchev–Trinajstić information content (AvgIpc) is 3.13. The Hall–Kier alpha value is -1.32. The molecule has 0 bridgehead atoms. The number of hydrogen-bond donors (Lipinski definition) is 2. The summed E-state index contributed by atoms with van der Waals surface area (Å²) < 4.78 is 0. The van der Waals surface area contributed by atoms with Crippen molar-refractivity contribution in [3.8, 4) is 0 Å². The molecule has 2 rings (SSSR count). The van der Waals surface area contributed by atoms with E-state index in [9.17, 15) is 0 Å². The van der Waals surface area contributed by atoms with Crippen LogP contribution in [0.15, 0.2) is 0 Å². The van der Waals surface area contributed by atoms with Crippen LogP contribution in [0.1, 0.15) is 31.2 Å². The first kappa shape index (κ1) is 12.1. The fraction of sp³-hybridized carbons (Fsp3) is 0.692. The van der Waals surface area contributed by atoms with Gasteiger partial charge in [0.25, 0.3) is 0 Å². The minimum atomic E-state index is 0.739. The van der Waals surface area contributed by atoms with Gasteiger partial charge < -0.3 is 10.6 Å². The van der Waals surface area contributed by atoms with Gasteiger partial charge in [-0.2, -0.15) is 0 Å². The summed E-state index contributed by atoms with van der Waals surface area (Å²) >= 11 is 0. The van der Waals surface area contributed by atoms with Crippen molar-refractivity contribution in [3.63, 3.8) is 0 Å². The first-order chi connectivity index (χ1) is 8.11. The SMILES string of the molecule is CNc1nc(C)nc(NCC(C)C2CC2)c1C. The van der Waals surface area contributed by atoms with Gasteiger partial charge in [-0.25, -0.2) is 9.97 Å². The van der Waals surface area contributed by atoms with Gasteiger partial charge >= 0.3 is 0 Å². The second-order valence-electron chi connectivity index (χ2n) is 5.04. The molecule has 2 N–H and O–H groups in total. The second-order valence-corrected chi connectivity index (χ2v) is 5.04. The normalized spacial score (nSPS) is 16.7. The lowest BCUT2D eigenvalue weighted by Gasteiger charge is -2.15. The summed E-state index contributed by atoms with van der Waals surface area (Å²) in [6.07, 6.45) is 2.79. The van der Waals surface area contributed by atoms with E-state index in [1.54, 1.807) is 0 Å². The zero-order valence-corrected chi connectivity index (χ0v) is 11.2. The van der Waals surface area contributed by atoms with E-state index < -0.39 is 0 Å². The molecule has 4 heteroatoms. The lowest BCUT2D eigenvalue weighted by atomic mass is 10.1. The number of anilines is 2. The van der Waals surface area contributed by atoms with Crippen molar-refractivity contribution in [1.29, 1.82) is 0 Å². The van der Waals surface area contributed by atoms with Gasteiger partial charge in [-0.05, 0) is 38.5 Å². The molecular weight excluding hydrogens is 212 g/mol. The zero-order chi connectivity index (χ0) is 12.4. The molecule has 0 spiro atoms. The van der Waals surface area contributed by atoms with Crippen molar-refractivity contribution in [1.82, 2.24) is 9.97 Å². The van der Waals surface area contributed by atoms with Crippen LogP contribution in [0.5, 0.6) is 0 Å². The summed E-state index contributed by atoms with van der Waals surface area (Å²) in [5.74, 6) is 4.35. The van der Waals surface area contributed by atoms with Crippen LogP contribution >= 0.6 is 0 Å². The zero-order valence-electron chi connectivity index (χ0n) is 11.2. The molecule has 94 valence electrons. The van der Waals surface area contributed by atoms with Crippen LogP contribution < -0.4 is 10.6 Å². The van der Waals surface area contributed by atoms with E-state index in [0.29, 0.717) is 0 Å². The quantitative estimate of drug-likeness (QED) is 0.822. The van der Waals surface area contributed by atoms with Crippen LogP contribution in [0.2, 0.25) is 0 Å². The summed E-state index contributed by atoms with van der Waals surface area (Å²) in [5.41, 5.74) is 1.10. The molecule has 1 aromatic heterocycles. The topological polar surface area (TPSA) is 49.8 Å². The van der Waals surface area contributed by atoms with Gasteiger partial charge in [0.1, 0.15) is 17.5 Å². The first-order valence-corrected chi connectivity index (χ1v) is 6.38. The Kier molecular flexibility index (Phi) is 3.50. The van der Waals surface area contributed by atoms with E-state index >= 15 is 0 Å². The van der Waals surface area contributed by atoms with E-state index in [4.69, 9.17) is 0 Å². The first-order valence-electron chi connectivity index (χ1n) is 6.38. The summed E-state index contributed by atoms with van der Waals surface area (Å²) in [6, 6.07) is 0. The average molecular weight is 234 g/mol. The molecule has 1 atom stereocenters. The van der Waals surface area contributed by atoms with Crippen molar-refractivity contribution in [2.24, 2.45) is 11.8 Å². The Morgan fingerprint density at radius 1 is 1.24 bits per heavy atom. The molecule has 1 heterocycles. The fourth-order valence-electron chi connectivity index (χ4n) is 2.13. The van der Waals surface area contributed by atoms with Crippen molar-refractivity contribution >= 4 is 11.6 Å². The van der Waals surface area contributed by atoms with E-state index in [1.165, 1.54) is 12.8 Å². The van der Waals surface area contributed by atoms with Gasteiger partial charge in [-0.3, -0.25) is 0 Å². The van der Waals surface area contributed by atoms with Gasteiger partial charge in [0.05, 0.1) is 0 Å². The molecule has 1 saturated carbocycles.